The first-order valence-electron chi connectivity index (χ1n) is 10.1. The average Bonchev–Trinajstić information content (AvgIpc) is 3.22. The van der Waals surface area contributed by atoms with Crippen LogP contribution in [0.15, 0.2) is 53.1 Å². The number of carbonyl (C=O) groups is 1. The number of aromatic nitrogens is 2. The van der Waals surface area contributed by atoms with Gasteiger partial charge in [-0.25, -0.2) is 4.39 Å². The van der Waals surface area contributed by atoms with Gasteiger partial charge in [-0.15, -0.1) is 0 Å². The zero-order valence-electron chi connectivity index (χ0n) is 16.9. The number of benzene rings is 2. The highest BCUT2D eigenvalue weighted by Gasteiger charge is 2.27. The van der Waals surface area contributed by atoms with Crippen molar-refractivity contribution < 1.29 is 18.4 Å². The number of piperidine rings is 1. The Labute approximate surface area is 174 Å². The maximum atomic E-state index is 12.9. The van der Waals surface area contributed by atoms with Crippen LogP contribution in [-0.2, 0) is 17.8 Å². The van der Waals surface area contributed by atoms with E-state index in [2.05, 4.69) is 16.2 Å². The fraction of sp³-hybridized carbons (Fsp3) is 0.348. The number of halogens is 1. The Morgan fingerprint density at radius 3 is 2.70 bits per heavy atom. The van der Waals surface area contributed by atoms with Crippen LogP contribution in [0.25, 0.3) is 0 Å². The summed E-state index contributed by atoms with van der Waals surface area (Å²) in [5, 5.41) is 4.08. The Morgan fingerprint density at radius 2 is 1.97 bits per heavy atom. The van der Waals surface area contributed by atoms with Crippen LogP contribution in [-0.4, -0.2) is 34.0 Å². The van der Waals surface area contributed by atoms with E-state index in [0.29, 0.717) is 37.0 Å². The lowest BCUT2D eigenvalue weighted by atomic mass is 9.95. The highest BCUT2D eigenvalue weighted by Crippen LogP contribution is 2.26. The Kier molecular flexibility index (Phi) is 6.07. The number of hydrogen-bond donors (Lipinski definition) is 0. The highest BCUT2D eigenvalue weighted by atomic mass is 19.1. The molecule has 1 aliphatic rings. The molecule has 0 aliphatic carbocycles. The summed E-state index contributed by atoms with van der Waals surface area (Å²) in [6.45, 7) is 3.53. The van der Waals surface area contributed by atoms with Crippen LogP contribution in [0.5, 0.6) is 5.75 Å². The van der Waals surface area contributed by atoms with E-state index in [1.165, 1.54) is 12.1 Å². The fourth-order valence-corrected chi connectivity index (χ4v) is 3.66. The van der Waals surface area contributed by atoms with Crippen molar-refractivity contribution in [1.82, 2.24) is 15.0 Å². The lowest BCUT2D eigenvalue weighted by molar-refractivity contribution is -0.131. The summed E-state index contributed by atoms with van der Waals surface area (Å²) >= 11 is 0. The molecule has 2 heterocycles. The molecule has 1 saturated heterocycles. The second-order valence-electron chi connectivity index (χ2n) is 7.61. The van der Waals surface area contributed by atoms with Crippen molar-refractivity contribution in [3.8, 4) is 5.75 Å². The molecule has 1 aliphatic heterocycles. The summed E-state index contributed by atoms with van der Waals surface area (Å²) in [4.78, 5) is 19.0. The predicted molar refractivity (Wildman–Crippen MR) is 108 cm³/mol. The maximum absolute atomic E-state index is 12.9. The van der Waals surface area contributed by atoms with Crippen LogP contribution < -0.4 is 4.74 Å². The quantitative estimate of drug-likeness (QED) is 0.615. The minimum absolute atomic E-state index is 0.131. The van der Waals surface area contributed by atoms with Gasteiger partial charge in [0.2, 0.25) is 5.91 Å². The third-order valence-corrected chi connectivity index (χ3v) is 5.31. The van der Waals surface area contributed by atoms with Crippen molar-refractivity contribution in [3.63, 3.8) is 0 Å². The number of amides is 1. The van der Waals surface area contributed by atoms with Crippen LogP contribution in [0.1, 0.15) is 41.6 Å². The summed E-state index contributed by atoms with van der Waals surface area (Å²) in [7, 11) is 0. The molecule has 0 bridgehead atoms. The number of aryl methyl sites for hydroxylation is 1. The molecule has 4 rings (SSSR count). The first-order chi connectivity index (χ1) is 14.6. The molecule has 0 N–H and O–H groups in total. The summed E-state index contributed by atoms with van der Waals surface area (Å²) in [6.07, 6.45) is 2.04. The normalized spacial score (nSPS) is 14.7. The van der Waals surface area contributed by atoms with Crippen molar-refractivity contribution in [3.05, 3.63) is 77.2 Å². The molecule has 0 spiro atoms. The van der Waals surface area contributed by atoms with Gasteiger partial charge in [-0.2, -0.15) is 4.98 Å². The zero-order valence-corrected chi connectivity index (χ0v) is 16.9. The standard InChI is InChI=1S/C23H24FN3O3/c1-16-3-2-4-17(13-16)14-22(28)27-11-9-18(10-12-27)23-25-21(30-26-23)15-29-20-7-5-19(24)6-8-20/h2-8,13,18H,9-12,14-15H2,1H3. The number of nitrogens with zero attached hydrogens (tertiary/aromatic N) is 3. The first-order valence-corrected chi connectivity index (χ1v) is 10.1. The van der Waals surface area contributed by atoms with E-state index in [9.17, 15) is 9.18 Å². The Bertz CT molecular complexity index is 995. The molecule has 0 saturated carbocycles. The van der Waals surface area contributed by atoms with E-state index in [0.717, 1.165) is 24.0 Å². The molecule has 30 heavy (non-hydrogen) atoms. The molecule has 6 nitrogen and oxygen atoms in total. The molecule has 0 atom stereocenters. The Morgan fingerprint density at radius 1 is 1.20 bits per heavy atom. The van der Waals surface area contributed by atoms with Gasteiger partial charge in [0.05, 0.1) is 6.42 Å². The molecule has 1 aromatic heterocycles. The molecule has 3 aromatic rings. The van der Waals surface area contributed by atoms with Gasteiger partial charge < -0.3 is 14.2 Å². The smallest absolute Gasteiger partial charge is 0.264 e. The van der Waals surface area contributed by atoms with E-state index in [4.69, 9.17) is 9.26 Å². The molecule has 0 unspecified atom stereocenters. The second kappa shape index (κ2) is 9.07. The summed E-state index contributed by atoms with van der Waals surface area (Å²) < 4.78 is 23.8. The summed E-state index contributed by atoms with van der Waals surface area (Å²) in [5.41, 5.74) is 2.21. The van der Waals surface area contributed by atoms with Gasteiger partial charge in [-0.3, -0.25) is 4.79 Å². The van der Waals surface area contributed by atoms with Gasteiger partial charge in [0, 0.05) is 19.0 Å². The maximum Gasteiger partial charge on any atom is 0.264 e. The van der Waals surface area contributed by atoms with E-state index < -0.39 is 0 Å². The second-order valence-corrected chi connectivity index (χ2v) is 7.61. The monoisotopic (exact) mass is 409 g/mol. The molecule has 0 radical (unpaired) electrons. The van der Waals surface area contributed by atoms with Gasteiger partial charge in [0.25, 0.3) is 5.89 Å². The minimum Gasteiger partial charge on any atom is -0.484 e. The van der Waals surface area contributed by atoms with Crippen molar-refractivity contribution >= 4 is 5.91 Å². The van der Waals surface area contributed by atoms with Crippen LogP contribution in [0.3, 0.4) is 0 Å². The highest BCUT2D eigenvalue weighted by molar-refractivity contribution is 5.78. The Balaban J connectivity index is 1.27. The number of likely N-dealkylation sites (tertiary alicyclic amines) is 1. The molecule has 1 amide bonds. The lowest BCUT2D eigenvalue weighted by Crippen LogP contribution is -2.39. The first kappa shape index (κ1) is 20.1. The summed E-state index contributed by atoms with van der Waals surface area (Å²) in [5.74, 6) is 1.57. The van der Waals surface area contributed by atoms with Crippen LogP contribution in [0, 0.1) is 12.7 Å². The minimum atomic E-state index is -0.314. The molecular weight excluding hydrogens is 385 g/mol. The van der Waals surface area contributed by atoms with Crippen molar-refractivity contribution in [2.24, 2.45) is 0 Å². The summed E-state index contributed by atoms with van der Waals surface area (Å²) in [6, 6.07) is 13.8. The zero-order chi connectivity index (χ0) is 20.9. The molecule has 156 valence electrons. The molecular formula is C23H24FN3O3. The van der Waals surface area contributed by atoms with E-state index in [-0.39, 0.29) is 24.2 Å². The van der Waals surface area contributed by atoms with Gasteiger partial charge in [-0.1, -0.05) is 35.0 Å². The van der Waals surface area contributed by atoms with Crippen LogP contribution in [0.2, 0.25) is 0 Å². The molecule has 1 fully saturated rings. The topological polar surface area (TPSA) is 68.5 Å². The molecule has 7 heteroatoms. The van der Waals surface area contributed by atoms with Gasteiger partial charge in [0.1, 0.15) is 11.6 Å². The fourth-order valence-electron chi connectivity index (χ4n) is 3.66. The third kappa shape index (κ3) is 5.03. The van der Waals surface area contributed by atoms with E-state index >= 15 is 0 Å². The van der Waals surface area contributed by atoms with Gasteiger partial charge in [0.15, 0.2) is 12.4 Å². The molecule has 2 aromatic carbocycles. The number of ether oxygens (including phenoxy) is 1. The SMILES string of the molecule is Cc1cccc(CC(=O)N2CCC(c3noc(COc4ccc(F)cc4)n3)CC2)c1. The largest absolute Gasteiger partial charge is 0.484 e. The third-order valence-electron chi connectivity index (χ3n) is 5.31. The Hall–Kier alpha value is -3.22. The number of rotatable bonds is 6. The lowest BCUT2D eigenvalue weighted by Gasteiger charge is -2.30. The van der Waals surface area contributed by atoms with Crippen LogP contribution in [0.4, 0.5) is 4.39 Å². The average molecular weight is 409 g/mol. The van der Waals surface area contributed by atoms with E-state index in [1.54, 1.807) is 12.1 Å². The van der Waals surface area contributed by atoms with Crippen molar-refractivity contribution in [2.75, 3.05) is 13.1 Å². The van der Waals surface area contributed by atoms with Crippen LogP contribution >= 0.6 is 0 Å². The van der Waals surface area contributed by atoms with E-state index in [1.807, 2.05) is 30.0 Å². The predicted octanol–water partition coefficient (Wildman–Crippen LogP) is 4.04. The number of carbonyl (C=O) groups excluding carboxylic acids is 1. The van der Waals surface area contributed by atoms with Gasteiger partial charge in [-0.05, 0) is 49.6 Å². The van der Waals surface area contributed by atoms with Crippen molar-refractivity contribution in [2.45, 2.75) is 38.7 Å². The van der Waals surface area contributed by atoms with Crippen molar-refractivity contribution in [1.29, 1.82) is 0 Å². The van der Waals surface area contributed by atoms with Gasteiger partial charge >= 0.3 is 0 Å². The number of hydrogen-bond acceptors (Lipinski definition) is 5.